The number of nitrogens with zero attached hydrogens (tertiary/aromatic N) is 2. The van der Waals surface area contributed by atoms with Crippen molar-refractivity contribution in [1.82, 2.24) is 15.2 Å². The molecule has 1 unspecified atom stereocenters. The fourth-order valence-corrected chi connectivity index (χ4v) is 2.65. The summed E-state index contributed by atoms with van der Waals surface area (Å²) in [6, 6.07) is 4.08. The lowest BCUT2D eigenvalue weighted by Gasteiger charge is -2.22. The molecular formula is C14H22N4O. The molecule has 5 heteroatoms. The van der Waals surface area contributed by atoms with Gasteiger partial charge in [-0.1, -0.05) is 0 Å². The average molecular weight is 262 g/mol. The number of aromatic nitrogens is 1. The maximum atomic E-state index is 11.9. The van der Waals surface area contributed by atoms with Crippen molar-refractivity contribution in [1.29, 1.82) is 0 Å². The second-order valence-electron chi connectivity index (χ2n) is 5.40. The second kappa shape index (κ2) is 5.57. The van der Waals surface area contributed by atoms with E-state index < -0.39 is 0 Å². The van der Waals surface area contributed by atoms with E-state index in [4.69, 9.17) is 0 Å². The predicted octanol–water partition coefficient (Wildman–Crippen LogP) is 1.08. The molecule has 0 spiro atoms. The molecule has 1 atom stereocenters. The van der Waals surface area contributed by atoms with E-state index >= 15 is 0 Å². The fourth-order valence-electron chi connectivity index (χ4n) is 2.65. The summed E-state index contributed by atoms with van der Waals surface area (Å²) >= 11 is 0. The Labute approximate surface area is 114 Å². The van der Waals surface area contributed by atoms with Gasteiger partial charge in [0.15, 0.2) is 0 Å². The Balaban J connectivity index is 2.00. The Hall–Kier alpha value is -1.62. The van der Waals surface area contributed by atoms with Gasteiger partial charge in [-0.05, 0) is 37.6 Å². The Morgan fingerprint density at radius 1 is 1.53 bits per heavy atom. The van der Waals surface area contributed by atoms with Crippen LogP contribution in [0.2, 0.25) is 0 Å². The summed E-state index contributed by atoms with van der Waals surface area (Å²) in [5, 5.41) is 5.81. The molecule has 1 aromatic heterocycles. The van der Waals surface area contributed by atoms with Gasteiger partial charge in [-0.3, -0.25) is 9.69 Å². The van der Waals surface area contributed by atoms with Crippen LogP contribution in [0.4, 0.5) is 5.82 Å². The van der Waals surface area contributed by atoms with Gasteiger partial charge < -0.3 is 10.6 Å². The molecule has 1 aliphatic rings. The van der Waals surface area contributed by atoms with Crippen LogP contribution in [0.5, 0.6) is 0 Å². The van der Waals surface area contributed by atoms with Gasteiger partial charge >= 0.3 is 0 Å². The second-order valence-corrected chi connectivity index (χ2v) is 5.40. The monoisotopic (exact) mass is 262 g/mol. The highest BCUT2D eigenvalue weighted by Gasteiger charge is 2.39. The third-order valence-electron chi connectivity index (χ3n) is 3.81. The van der Waals surface area contributed by atoms with E-state index in [-0.39, 0.29) is 11.3 Å². The number of carbonyl (C=O) groups excluding carboxylic acids is 1. The number of nitrogens with one attached hydrogen (secondary N) is 2. The summed E-state index contributed by atoms with van der Waals surface area (Å²) in [5.74, 6) is 1.02. The Morgan fingerprint density at radius 2 is 2.32 bits per heavy atom. The molecule has 1 aromatic rings. The maximum Gasteiger partial charge on any atom is 0.227 e. The van der Waals surface area contributed by atoms with Gasteiger partial charge in [-0.2, -0.15) is 0 Å². The molecule has 1 fully saturated rings. The van der Waals surface area contributed by atoms with Crippen molar-refractivity contribution >= 4 is 11.7 Å². The number of hydrogen-bond acceptors (Lipinski definition) is 4. The van der Waals surface area contributed by atoms with Crippen LogP contribution in [-0.4, -0.2) is 43.0 Å². The van der Waals surface area contributed by atoms with Crippen LogP contribution in [-0.2, 0) is 11.3 Å². The Kier molecular flexibility index (Phi) is 4.04. The van der Waals surface area contributed by atoms with Gasteiger partial charge in [0.2, 0.25) is 5.91 Å². The molecule has 104 valence electrons. The van der Waals surface area contributed by atoms with Crippen molar-refractivity contribution in [2.75, 3.05) is 32.5 Å². The van der Waals surface area contributed by atoms with E-state index in [0.29, 0.717) is 0 Å². The molecule has 1 amide bonds. The zero-order valence-corrected chi connectivity index (χ0v) is 11.9. The predicted molar refractivity (Wildman–Crippen MR) is 75.9 cm³/mol. The highest BCUT2D eigenvalue weighted by atomic mass is 16.2. The number of anilines is 1. The highest BCUT2D eigenvalue weighted by molar-refractivity contribution is 5.82. The van der Waals surface area contributed by atoms with Gasteiger partial charge in [0, 0.05) is 33.4 Å². The first-order valence-corrected chi connectivity index (χ1v) is 6.64. The molecule has 1 aliphatic heterocycles. The van der Waals surface area contributed by atoms with Crippen LogP contribution in [0.15, 0.2) is 18.3 Å². The molecule has 0 bridgehead atoms. The van der Waals surface area contributed by atoms with E-state index in [1.807, 2.05) is 26.2 Å². The topological polar surface area (TPSA) is 57.3 Å². The van der Waals surface area contributed by atoms with Crippen LogP contribution >= 0.6 is 0 Å². The smallest absolute Gasteiger partial charge is 0.227 e. The number of hydrogen-bond donors (Lipinski definition) is 2. The van der Waals surface area contributed by atoms with Crippen molar-refractivity contribution in [3.8, 4) is 0 Å². The molecule has 2 heterocycles. The van der Waals surface area contributed by atoms with Crippen molar-refractivity contribution in [2.24, 2.45) is 5.41 Å². The molecule has 2 N–H and O–H groups in total. The van der Waals surface area contributed by atoms with Crippen LogP contribution in [0.25, 0.3) is 0 Å². The SMILES string of the molecule is CNC(=O)C1(C)CCN(Cc2ccnc(NC)c2)C1. The van der Waals surface area contributed by atoms with Crippen molar-refractivity contribution in [3.63, 3.8) is 0 Å². The lowest BCUT2D eigenvalue weighted by molar-refractivity contribution is -0.129. The molecule has 2 rings (SSSR count). The standard InChI is InChI=1S/C14H22N4O/c1-14(13(19)16-3)5-7-18(10-14)9-11-4-6-17-12(8-11)15-2/h4,6,8H,5,7,9-10H2,1-3H3,(H,15,17)(H,16,19). The van der Waals surface area contributed by atoms with Crippen LogP contribution in [0, 0.1) is 5.41 Å². The lowest BCUT2D eigenvalue weighted by Crippen LogP contribution is -2.39. The third-order valence-corrected chi connectivity index (χ3v) is 3.81. The van der Waals surface area contributed by atoms with Crippen LogP contribution in [0.1, 0.15) is 18.9 Å². The third kappa shape index (κ3) is 3.04. The maximum absolute atomic E-state index is 11.9. The summed E-state index contributed by atoms with van der Waals surface area (Å²) in [7, 11) is 3.57. The van der Waals surface area contributed by atoms with E-state index in [1.165, 1.54) is 5.56 Å². The first-order chi connectivity index (χ1) is 9.07. The summed E-state index contributed by atoms with van der Waals surface area (Å²) in [6.07, 6.45) is 2.73. The molecule has 0 aromatic carbocycles. The number of amides is 1. The molecule has 5 nitrogen and oxygen atoms in total. The van der Waals surface area contributed by atoms with Crippen LogP contribution < -0.4 is 10.6 Å². The Bertz CT molecular complexity index is 463. The highest BCUT2D eigenvalue weighted by Crippen LogP contribution is 2.31. The first-order valence-electron chi connectivity index (χ1n) is 6.64. The van der Waals surface area contributed by atoms with E-state index in [1.54, 1.807) is 7.05 Å². The van der Waals surface area contributed by atoms with Gasteiger partial charge in [-0.15, -0.1) is 0 Å². The molecule has 19 heavy (non-hydrogen) atoms. The van der Waals surface area contributed by atoms with Crippen molar-refractivity contribution in [2.45, 2.75) is 19.9 Å². The zero-order valence-electron chi connectivity index (χ0n) is 11.9. The first kappa shape index (κ1) is 13.8. The largest absolute Gasteiger partial charge is 0.373 e. The molecule has 1 saturated heterocycles. The summed E-state index contributed by atoms with van der Waals surface area (Å²) in [5.41, 5.74) is 0.966. The number of likely N-dealkylation sites (tertiary alicyclic amines) is 1. The number of carbonyl (C=O) groups is 1. The summed E-state index contributed by atoms with van der Waals surface area (Å²) in [4.78, 5) is 18.4. The summed E-state index contributed by atoms with van der Waals surface area (Å²) < 4.78 is 0. The van der Waals surface area contributed by atoms with Gasteiger partial charge in [-0.25, -0.2) is 4.98 Å². The number of rotatable bonds is 4. The summed E-state index contributed by atoms with van der Waals surface area (Å²) in [6.45, 7) is 4.67. The van der Waals surface area contributed by atoms with Gasteiger partial charge in [0.1, 0.15) is 5.82 Å². The quantitative estimate of drug-likeness (QED) is 0.852. The van der Waals surface area contributed by atoms with Gasteiger partial charge in [0.25, 0.3) is 0 Å². The molecular weight excluding hydrogens is 240 g/mol. The number of pyridine rings is 1. The molecule has 0 saturated carbocycles. The zero-order chi connectivity index (χ0) is 13.9. The average Bonchev–Trinajstić information content (AvgIpc) is 2.80. The Morgan fingerprint density at radius 3 is 3.00 bits per heavy atom. The van der Waals surface area contributed by atoms with E-state index in [2.05, 4.69) is 26.6 Å². The lowest BCUT2D eigenvalue weighted by atomic mass is 9.89. The van der Waals surface area contributed by atoms with E-state index in [9.17, 15) is 4.79 Å². The minimum absolute atomic E-state index is 0.139. The van der Waals surface area contributed by atoms with Gasteiger partial charge in [0.05, 0.1) is 5.41 Å². The van der Waals surface area contributed by atoms with E-state index in [0.717, 1.165) is 31.9 Å². The fraction of sp³-hybridized carbons (Fsp3) is 0.571. The molecule has 0 radical (unpaired) electrons. The van der Waals surface area contributed by atoms with Crippen molar-refractivity contribution in [3.05, 3.63) is 23.9 Å². The minimum Gasteiger partial charge on any atom is -0.373 e. The van der Waals surface area contributed by atoms with Crippen LogP contribution in [0.3, 0.4) is 0 Å². The molecule has 0 aliphatic carbocycles. The minimum atomic E-state index is -0.256. The van der Waals surface area contributed by atoms with Crippen molar-refractivity contribution < 1.29 is 4.79 Å². The normalized spacial score (nSPS) is 23.3.